The van der Waals surface area contributed by atoms with E-state index in [-0.39, 0.29) is 12.6 Å². The highest BCUT2D eigenvalue weighted by molar-refractivity contribution is 7.13. The zero-order valence-corrected chi connectivity index (χ0v) is 22.8. The van der Waals surface area contributed by atoms with E-state index < -0.39 is 0 Å². The quantitative estimate of drug-likeness (QED) is 0.381. The number of ether oxygens (including phenoxy) is 2. The molecule has 3 aromatic rings. The molecule has 0 radical (unpaired) electrons. The predicted octanol–water partition coefficient (Wildman–Crippen LogP) is 5.85. The van der Waals surface area contributed by atoms with Crippen LogP contribution in [-0.2, 0) is 11.2 Å². The molecule has 1 amide bonds. The summed E-state index contributed by atoms with van der Waals surface area (Å²) in [5, 5.41) is 6.05. The lowest BCUT2D eigenvalue weighted by atomic mass is 10.1. The van der Waals surface area contributed by atoms with Gasteiger partial charge in [-0.15, -0.1) is 11.3 Å². The van der Waals surface area contributed by atoms with Gasteiger partial charge in [-0.3, -0.25) is 4.79 Å². The number of anilines is 3. The number of methoxy groups -OCH3 is 2. The molecule has 0 unspecified atom stereocenters. The highest BCUT2D eigenvalue weighted by atomic mass is 35.5. The van der Waals surface area contributed by atoms with Gasteiger partial charge in [0.1, 0.15) is 39.9 Å². The summed E-state index contributed by atoms with van der Waals surface area (Å²) in [6.07, 6.45) is 2.01. The van der Waals surface area contributed by atoms with E-state index >= 15 is 0 Å². The van der Waals surface area contributed by atoms with Gasteiger partial charge in [0.15, 0.2) is 0 Å². The first-order valence-electron chi connectivity index (χ1n) is 11.4. The molecule has 1 aromatic carbocycles. The lowest BCUT2D eigenvalue weighted by Gasteiger charge is -2.30. The molecule has 0 saturated carbocycles. The Morgan fingerprint density at radius 2 is 1.83 bits per heavy atom. The number of nitrogens with zero attached hydrogens (tertiary/aromatic N) is 4. The van der Waals surface area contributed by atoms with Crippen molar-refractivity contribution in [2.24, 2.45) is 4.99 Å². The number of amides is 1. The smallest absolute Gasteiger partial charge is 0.226 e. The third-order valence-electron chi connectivity index (χ3n) is 5.88. The number of aliphatic imine (C=N–C) groups is 1. The second-order valence-electron chi connectivity index (χ2n) is 7.89. The summed E-state index contributed by atoms with van der Waals surface area (Å²) in [7, 11) is 3.09. The molecule has 3 heterocycles. The largest absolute Gasteiger partial charge is 0.495 e. The van der Waals surface area contributed by atoms with Crippen molar-refractivity contribution in [3.05, 3.63) is 56.3 Å². The van der Waals surface area contributed by atoms with Crippen LogP contribution in [0.15, 0.2) is 40.8 Å². The highest BCUT2D eigenvalue weighted by Crippen LogP contribution is 2.49. The van der Waals surface area contributed by atoms with Crippen molar-refractivity contribution < 1.29 is 14.3 Å². The van der Waals surface area contributed by atoms with Crippen LogP contribution >= 0.6 is 34.5 Å². The van der Waals surface area contributed by atoms with E-state index in [0.717, 1.165) is 16.1 Å². The van der Waals surface area contributed by atoms with Crippen LogP contribution in [0.5, 0.6) is 11.5 Å². The van der Waals surface area contributed by atoms with Gasteiger partial charge in [-0.2, -0.15) is 0 Å². The number of fused-ring (bicyclic) bond motifs is 1. The van der Waals surface area contributed by atoms with Crippen molar-refractivity contribution in [3.8, 4) is 11.5 Å². The molecule has 4 rings (SSSR count). The molecule has 11 heteroatoms. The number of pyridine rings is 1. The van der Waals surface area contributed by atoms with Gasteiger partial charge in [-0.25, -0.2) is 9.98 Å². The number of carbonyl (C=O) groups is 1. The molecule has 0 aliphatic carbocycles. The van der Waals surface area contributed by atoms with E-state index in [2.05, 4.69) is 10.3 Å². The first-order valence-corrected chi connectivity index (χ1v) is 13.0. The van der Waals surface area contributed by atoms with Crippen LogP contribution < -0.4 is 19.7 Å². The molecule has 0 saturated heterocycles. The Morgan fingerprint density at radius 3 is 2.47 bits per heavy atom. The summed E-state index contributed by atoms with van der Waals surface area (Å²) in [6, 6.07) is 7.38. The number of aromatic nitrogens is 1. The van der Waals surface area contributed by atoms with E-state index in [0.29, 0.717) is 58.4 Å². The molecule has 1 aliphatic rings. The molecule has 190 valence electrons. The Bertz CT molecular complexity index is 1260. The average Bonchev–Trinajstić information content (AvgIpc) is 3.37. The van der Waals surface area contributed by atoms with Gasteiger partial charge in [-0.1, -0.05) is 23.2 Å². The summed E-state index contributed by atoms with van der Waals surface area (Å²) in [6.45, 7) is 5.60. The molecule has 8 nitrogen and oxygen atoms in total. The van der Waals surface area contributed by atoms with Crippen LogP contribution in [0, 0.1) is 0 Å². The second kappa shape index (κ2) is 11.4. The summed E-state index contributed by atoms with van der Waals surface area (Å²) in [4.78, 5) is 26.4. The SMILES string of the molecule is CCN(CC)C(=O)Cc1ccnc(NC2=NCN(c3c(Cl)c(OC)cc(OC)c3Cl)c3ccsc32)c1. The third-order valence-corrected chi connectivity index (χ3v) is 7.52. The minimum atomic E-state index is 0.0887. The molecule has 0 fully saturated rings. The van der Waals surface area contributed by atoms with E-state index in [9.17, 15) is 4.79 Å². The predicted molar refractivity (Wildman–Crippen MR) is 147 cm³/mol. The van der Waals surface area contributed by atoms with Gasteiger partial charge in [0.25, 0.3) is 0 Å². The van der Waals surface area contributed by atoms with Crippen LogP contribution in [0.2, 0.25) is 10.0 Å². The van der Waals surface area contributed by atoms with Gasteiger partial charge in [0, 0.05) is 25.4 Å². The summed E-state index contributed by atoms with van der Waals surface area (Å²) in [5.74, 6) is 2.30. The van der Waals surface area contributed by atoms with Crippen LogP contribution in [0.3, 0.4) is 0 Å². The molecule has 2 aromatic heterocycles. The van der Waals surface area contributed by atoms with Crippen molar-refractivity contribution in [1.82, 2.24) is 9.88 Å². The van der Waals surface area contributed by atoms with E-state index in [1.807, 2.05) is 47.2 Å². The molecule has 1 aliphatic heterocycles. The highest BCUT2D eigenvalue weighted by Gasteiger charge is 2.29. The maximum absolute atomic E-state index is 12.5. The summed E-state index contributed by atoms with van der Waals surface area (Å²) in [5.41, 5.74) is 2.34. The maximum Gasteiger partial charge on any atom is 0.226 e. The standard InChI is InChI=1S/C25H27Cl2N5O3S/c1-5-31(6-2)20(33)12-15-7-9-28-19(11-15)30-25-24-16(8-10-36-24)32(14-29-25)23-21(26)17(34-3)13-18(35-4)22(23)27/h7-11,13H,5-6,12,14H2,1-4H3,(H,28,29,30). The van der Waals surface area contributed by atoms with Gasteiger partial charge in [0.2, 0.25) is 5.91 Å². The van der Waals surface area contributed by atoms with Gasteiger partial charge in [0.05, 0.1) is 36.9 Å². The number of benzene rings is 1. The Balaban J connectivity index is 1.61. The van der Waals surface area contributed by atoms with Crippen molar-refractivity contribution in [3.63, 3.8) is 0 Å². The fourth-order valence-corrected chi connectivity index (χ4v) is 5.58. The molecule has 0 bridgehead atoms. The molecule has 36 heavy (non-hydrogen) atoms. The summed E-state index contributed by atoms with van der Waals surface area (Å²) >= 11 is 14.9. The van der Waals surface area contributed by atoms with Gasteiger partial charge in [-0.05, 0) is 43.0 Å². The minimum Gasteiger partial charge on any atom is -0.495 e. The first-order chi connectivity index (χ1) is 17.4. The number of halogens is 2. The van der Waals surface area contributed by atoms with Crippen molar-refractivity contribution >= 4 is 63.5 Å². The monoisotopic (exact) mass is 547 g/mol. The normalized spacial score (nSPS) is 12.6. The zero-order chi connectivity index (χ0) is 25.8. The van der Waals surface area contributed by atoms with Gasteiger partial charge < -0.3 is 24.6 Å². The lowest BCUT2D eigenvalue weighted by Crippen LogP contribution is -2.31. The van der Waals surface area contributed by atoms with E-state index in [1.165, 1.54) is 11.3 Å². The second-order valence-corrected chi connectivity index (χ2v) is 9.56. The van der Waals surface area contributed by atoms with Crippen molar-refractivity contribution in [1.29, 1.82) is 0 Å². The Morgan fingerprint density at radius 1 is 1.14 bits per heavy atom. The number of likely N-dealkylation sites (N-methyl/N-ethyl adjacent to an activating group) is 1. The van der Waals surface area contributed by atoms with Gasteiger partial charge >= 0.3 is 0 Å². The van der Waals surface area contributed by atoms with Crippen LogP contribution in [0.25, 0.3) is 0 Å². The van der Waals surface area contributed by atoms with E-state index in [4.69, 9.17) is 37.7 Å². The molecule has 0 atom stereocenters. The molecule has 1 N–H and O–H groups in total. The van der Waals surface area contributed by atoms with Crippen molar-refractivity contribution in [2.75, 3.05) is 44.2 Å². The number of hydrogen-bond acceptors (Lipinski definition) is 8. The van der Waals surface area contributed by atoms with Crippen LogP contribution in [0.1, 0.15) is 24.3 Å². The Hall–Kier alpha value is -3.01. The van der Waals surface area contributed by atoms with Crippen LogP contribution in [-0.4, -0.2) is 55.6 Å². The molecular formula is C25H27Cl2N5O3S. The lowest BCUT2D eigenvalue weighted by molar-refractivity contribution is -0.130. The summed E-state index contributed by atoms with van der Waals surface area (Å²) < 4.78 is 10.9. The number of carbonyl (C=O) groups excluding carboxylic acids is 1. The fraction of sp³-hybridized carbons (Fsp3) is 0.320. The third kappa shape index (κ3) is 5.09. The Kier molecular flexibility index (Phi) is 8.23. The average molecular weight is 548 g/mol. The molecule has 0 spiro atoms. The topological polar surface area (TPSA) is 79.3 Å². The first kappa shape index (κ1) is 26.1. The fourth-order valence-electron chi connectivity index (χ4n) is 4.02. The number of amidine groups is 1. The molecular weight excluding hydrogens is 521 g/mol. The van der Waals surface area contributed by atoms with E-state index in [1.54, 1.807) is 26.5 Å². The minimum absolute atomic E-state index is 0.0887. The number of nitrogens with one attached hydrogen (secondary N) is 1. The van der Waals surface area contributed by atoms with Crippen LogP contribution in [0.4, 0.5) is 17.2 Å². The number of hydrogen-bond donors (Lipinski definition) is 1. The number of thiophene rings is 1. The zero-order valence-electron chi connectivity index (χ0n) is 20.5. The maximum atomic E-state index is 12.5. The van der Waals surface area contributed by atoms with Crippen molar-refractivity contribution in [2.45, 2.75) is 20.3 Å². The number of rotatable bonds is 8. The Labute approximate surface area is 224 Å².